The van der Waals surface area contributed by atoms with Gasteiger partial charge in [0.2, 0.25) is 0 Å². The lowest BCUT2D eigenvalue weighted by Crippen LogP contribution is -2.02. The van der Waals surface area contributed by atoms with Crippen molar-refractivity contribution in [1.82, 2.24) is 9.97 Å². The van der Waals surface area contributed by atoms with E-state index >= 15 is 0 Å². The zero-order valence-corrected chi connectivity index (χ0v) is 11.4. The molecule has 0 aliphatic heterocycles. The van der Waals surface area contributed by atoms with Crippen LogP contribution in [0.4, 0.5) is 0 Å². The van der Waals surface area contributed by atoms with E-state index in [0.717, 1.165) is 11.3 Å². The number of nitrogens with zero attached hydrogens (tertiary/aromatic N) is 2. The fourth-order valence-electron chi connectivity index (χ4n) is 1.63. The van der Waals surface area contributed by atoms with Crippen molar-refractivity contribution in [3.63, 3.8) is 0 Å². The summed E-state index contributed by atoms with van der Waals surface area (Å²) in [6, 6.07) is 10.3. The van der Waals surface area contributed by atoms with Crippen molar-refractivity contribution in [3.05, 3.63) is 42.4 Å². The van der Waals surface area contributed by atoms with Gasteiger partial charge in [-0.25, -0.2) is 9.97 Å². The molecule has 0 fully saturated rings. The van der Waals surface area contributed by atoms with Gasteiger partial charge in [-0.2, -0.15) is 0 Å². The minimum Gasteiger partial charge on any atom is -0.324 e. The van der Waals surface area contributed by atoms with E-state index in [1.807, 2.05) is 17.8 Å². The van der Waals surface area contributed by atoms with Gasteiger partial charge in [0.05, 0.1) is 12.2 Å². The summed E-state index contributed by atoms with van der Waals surface area (Å²) >= 11 is 1.86. The number of hydrogen-bond acceptors (Lipinski definition) is 4. The van der Waals surface area contributed by atoms with Crippen LogP contribution in [0.3, 0.4) is 0 Å². The summed E-state index contributed by atoms with van der Waals surface area (Å²) < 4.78 is 0. The first kappa shape index (κ1) is 13.1. The molecule has 0 bridgehead atoms. The van der Waals surface area contributed by atoms with Crippen LogP contribution >= 0.6 is 11.8 Å². The van der Waals surface area contributed by atoms with Gasteiger partial charge in [-0.15, -0.1) is 11.8 Å². The second-order valence-corrected chi connectivity index (χ2v) is 5.90. The van der Waals surface area contributed by atoms with Crippen molar-refractivity contribution in [1.29, 1.82) is 0 Å². The van der Waals surface area contributed by atoms with Crippen LogP contribution < -0.4 is 5.73 Å². The normalized spacial score (nSPS) is 10.9. The van der Waals surface area contributed by atoms with E-state index in [0.29, 0.717) is 17.6 Å². The van der Waals surface area contributed by atoms with Crippen LogP contribution in [0.25, 0.3) is 11.3 Å². The molecule has 1 aromatic carbocycles. The second-order valence-electron chi connectivity index (χ2n) is 4.25. The highest BCUT2D eigenvalue weighted by Crippen LogP contribution is 2.25. The lowest BCUT2D eigenvalue weighted by Gasteiger charge is -2.06. The lowest BCUT2D eigenvalue weighted by molar-refractivity contribution is 0.912. The standard InChI is InChI=1S/C14H17N3S/c1-10(2)18-12-5-3-11(4-6-12)13-7-8-16-14(9-15)17-13/h3-8,10H,9,15H2,1-2H3. The Morgan fingerprint density at radius 3 is 2.50 bits per heavy atom. The third-order valence-corrected chi connectivity index (χ3v) is 3.43. The molecule has 0 radical (unpaired) electrons. The van der Waals surface area contributed by atoms with Gasteiger partial charge in [0.15, 0.2) is 0 Å². The van der Waals surface area contributed by atoms with Gasteiger partial charge in [-0.05, 0) is 18.2 Å². The zero-order chi connectivity index (χ0) is 13.0. The molecule has 2 N–H and O–H groups in total. The van der Waals surface area contributed by atoms with Gasteiger partial charge in [0.1, 0.15) is 5.82 Å². The molecule has 2 aromatic rings. The molecule has 4 heteroatoms. The smallest absolute Gasteiger partial charge is 0.142 e. The topological polar surface area (TPSA) is 51.8 Å². The molecule has 0 amide bonds. The molecular formula is C14H17N3S. The lowest BCUT2D eigenvalue weighted by atomic mass is 10.1. The Kier molecular flexibility index (Phi) is 4.33. The molecular weight excluding hydrogens is 242 g/mol. The van der Waals surface area contributed by atoms with Gasteiger partial charge >= 0.3 is 0 Å². The number of aromatic nitrogens is 2. The Hall–Kier alpha value is -1.39. The molecule has 0 saturated carbocycles. The molecule has 1 aromatic heterocycles. The maximum Gasteiger partial charge on any atom is 0.142 e. The largest absolute Gasteiger partial charge is 0.324 e. The van der Waals surface area contributed by atoms with E-state index in [1.165, 1.54) is 4.90 Å². The Morgan fingerprint density at radius 2 is 1.89 bits per heavy atom. The van der Waals surface area contributed by atoms with E-state index in [9.17, 15) is 0 Å². The van der Waals surface area contributed by atoms with Crippen LogP contribution in [-0.4, -0.2) is 15.2 Å². The minimum absolute atomic E-state index is 0.370. The third kappa shape index (κ3) is 3.31. The molecule has 0 saturated heterocycles. The molecule has 18 heavy (non-hydrogen) atoms. The van der Waals surface area contributed by atoms with E-state index < -0.39 is 0 Å². The van der Waals surface area contributed by atoms with Crippen LogP contribution in [0.1, 0.15) is 19.7 Å². The van der Waals surface area contributed by atoms with Gasteiger partial charge in [0, 0.05) is 21.9 Å². The first-order valence-corrected chi connectivity index (χ1v) is 6.86. The summed E-state index contributed by atoms with van der Waals surface area (Å²) in [5.41, 5.74) is 7.57. The van der Waals surface area contributed by atoms with Crippen molar-refractivity contribution < 1.29 is 0 Å². The number of benzene rings is 1. The average molecular weight is 259 g/mol. The van der Waals surface area contributed by atoms with E-state index in [4.69, 9.17) is 5.73 Å². The summed E-state index contributed by atoms with van der Waals surface area (Å²) in [5, 5.41) is 0.596. The predicted molar refractivity (Wildman–Crippen MR) is 76.4 cm³/mol. The Morgan fingerprint density at radius 1 is 1.17 bits per heavy atom. The van der Waals surface area contributed by atoms with Crippen molar-refractivity contribution in [2.45, 2.75) is 30.5 Å². The van der Waals surface area contributed by atoms with Gasteiger partial charge < -0.3 is 5.73 Å². The Balaban J connectivity index is 2.22. The molecule has 0 unspecified atom stereocenters. The Bertz CT molecular complexity index is 509. The minimum atomic E-state index is 0.370. The van der Waals surface area contributed by atoms with Crippen LogP contribution in [0.5, 0.6) is 0 Å². The van der Waals surface area contributed by atoms with Crippen molar-refractivity contribution in [2.24, 2.45) is 5.73 Å². The van der Waals surface area contributed by atoms with Crippen molar-refractivity contribution >= 4 is 11.8 Å². The maximum atomic E-state index is 5.55. The number of rotatable bonds is 4. The highest BCUT2D eigenvalue weighted by Gasteiger charge is 2.03. The number of nitrogens with two attached hydrogens (primary N) is 1. The van der Waals surface area contributed by atoms with Crippen LogP contribution in [0.2, 0.25) is 0 Å². The van der Waals surface area contributed by atoms with Crippen LogP contribution in [0, 0.1) is 0 Å². The highest BCUT2D eigenvalue weighted by atomic mass is 32.2. The first-order valence-electron chi connectivity index (χ1n) is 5.98. The van der Waals surface area contributed by atoms with E-state index in [1.54, 1.807) is 6.20 Å². The maximum absolute atomic E-state index is 5.55. The van der Waals surface area contributed by atoms with E-state index in [-0.39, 0.29) is 0 Å². The predicted octanol–water partition coefficient (Wildman–Crippen LogP) is 3.10. The van der Waals surface area contributed by atoms with Crippen LogP contribution in [-0.2, 0) is 6.54 Å². The monoisotopic (exact) mass is 259 g/mol. The summed E-state index contributed by atoms with van der Waals surface area (Å²) in [4.78, 5) is 9.79. The van der Waals surface area contributed by atoms with Crippen molar-refractivity contribution in [2.75, 3.05) is 0 Å². The molecule has 94 valence electrons. The van der Waals surface area contributed by atoms with Crippen LogP contribution in [0.15, 0.2) is 41.4 Å². The fraction of sp³-hybridized carbons (Fsp3) is 0.286. The van der Waals surface area contributed by atoms with Gasteiger partial charge in [-0.3, -0.25) is 0 Å². The summed E-state index contributed by atoms with van der Waals surface area (Å²) in [6.45, 7) is 4.75. The zero-order valence-electron chi connectivity index (χ0n) is 10.6. The molecule has 0 aliphatic rings. The summed E-state index contributed by atoms with van der Waals surface area (Å²) in [6.07, 6.45) is 1.75. The summed E-state index contributed by atoms with van der Waals surface area (Å²) in [7, 11) is 0. The first-order chi connectivity index (χ1) is 8.69. The Labute approximate surface area is 112 Å². The fourth-order valence-corrected chi connectivity index (χ4v) is 2.47. The number of hydrogen-bond donors (Lipinski definition) is 1. The van der Waals surface area contributed by atoms with Gasteiger partial charge in [0.25, 0.3) is 0 Å². The summed E-state index contributed by atoms with van der Waals surface area (Å²) in [5.74, 6) is 0.674. The van der Waals surface area contributed by atoms with Crippen molar-refractivity contribution in [3.8, 4) is 11.3 Å². The SMILES string of the molecule is CC(C)Sc1ccc(-c2ccnc(CN)n2)cc1. The molecule has 1 heterocycles. The second kappa shape index (κ2) is 5.98. The molecule has 2 rings (SSSR count). The van der Waals surface area contributed by atoms with Gasteiger partial charge in [-0.1, -0.05) is 26.0 Å². The molecule has 0 spiro atoms. The quantitative estimate of drug-likeness (QED) is 0.857. The number of thioether (sulfide) groups is 1. The molecule has 0 aliphatic carbocycles. The molecule has 0 atom stereocenters. The highest BCUT2D eigenvalue weighted by molar-refractivity contribution is 7.99. The third-order valence-electron chi connectivity index (χ3n) is 2.41. The average Bonchev–Trinajstić information content (AvgIpc) is 2.39. The molecule has 3 nitrogen and oxygen atoms in total. The van der Waals surface area contributed by atoms with E-state index in [2.05, 4.69) is 48.1 Å².